The minimum Gasteiger partial charge on any atom is -0.249 e. The zero-order valence-electron chi connectivity index (χ0n) is 7.06. The number of H-pyrrole nitrogens is 1. The number of benzene rings is 1. The van der Waals surface area contributed by atoms with Crippen molar-refractivity contribution in [3.63, 3.8) is 0 Å². The summed E-state index contributed by atoms with van der Waals surface area (Å²) in [6.45, 7) is 0. The van der Waals surface area contributed by atoms with Gasteiger partial charge in [-0.25, -0.2) is 13.9 Å². The Labute approximate surface area is 96.6 Å². The summed E-state index contributed by atoms with van der Waals surface area (Å²) in [7, 11) is 0. The fourth-order valence-electron chi connectivity index (χ4n) is 1.06. The number of aromatic nitrogens is 3. The molecule has 0 unspecified atom stereocenters. The van der Waals surface area contributed by atoms with E-state index >= 15 is 0 Å². The van der Waals surface area contributed by atoms with Gasteiger partial charge in [-0.05, 0) is 39.7 Å². The fourth-order valence-corrected chi connectivity index (χ4v) is 1.68. The van der Waals surface area contributed by atoms with Gasteiger partial charge in [0, 0.05) is 5.56 Å². The molecule has 78 valence electrons. The van der Waals surface area contributed by atoms with Crippen molar-refractivity contribution in [3.05, 3.63) is 33.5 Å². The van der Waals surface area contributed by atoms with Gasteiger partial charge in [-0.1, -0.05) is 0 Å². The maximum absolute atomic E-state index is 13.2. The highest BCUT2D eigenvalue weighted by Gasteiger charge is 2.15. The molecule has 0 spiro atoms. The van der Waals surface area contributed by atoms with Crippen molar-refractivity contribution in [2.45, 2.75) is 0 Å². The lowest BCUT2D eigenvalue weighted by Crippen LogP contribution is -1.90. The first kappa shape index (κ1) is 10.5. The van der Waals surface area contributed by atoms with Crippen LogP contribution in [0, 0.1) is 11.6 Å². The van der Waals surface area contributed by atoms with Gasteiger partial charge < -0.3 is 0 Å². The highest BCUT2D eigenvalue weighted by molar-refractivity contribution is 9.10. The first-order chi connectivity index (χ1) is 7.09. The number of rotatable bonds is 1. The van der Waals surface area contributed by atoms with Crippen LogP contribution in [0.3, 0.4) is 0 Å². The number of hydrogen-bond donors (Lipinski definition) is 1. The van der Waals surface area contributed by atoms with E-state index in [0.29, 0.717) is 5.56 Å². The monoisotopic (exact) mass is 293 g/mol. The number of hydrogen-bond acceptors (Lipinski definition) is 2. The number of aromatic amines is 1. The van der Waals surface area contributed by atoms with Crippen molar-refractivity contribution in [1.82, 2.24) is 15.2 Å². The molecule has 0 amide bonds. The molecule has 1 N–H and O–H groups in total. The highest BCUT2D eigenvalue weighted by atomic mass is 79.9. The Morgan fingerprint density at radius 1 is 1.33 bits per heavy atom. The summed E-state index contributed by atoms with van der Waals surface area (Å²) in [4.78, 5) is 3.79. The van der Waals surface area contributed by atoms with Gasteiger partial charge in [0.1, 0.15) is 0 Å². The first-order valence-electron chi connectivity index (χ1n) is 3.81. The molecule has 1 heterocycles. The molecule has 0 bridgehead atoms. The van der Waals surface area contributed by atoms with E-state index in [1.54, 1.807) is 0 Å². The van der Waals surface area contributed by atoms with Crippen LogP contribution in [0.1, 0.15) is 0 Å². The maximum Gasteiger partial charge on any atom is 0.218 e. The van der Waals surface area contributed by atoms with Gasteiger partial charge in [0.25, 0.3) is 0 Å². The fraction of sp³-hybridized carbons (Fsp3) is 0. The average Bonchev–Trinajstić information content (AvgIpc) is 2.61. The minimum absolute atomic E-state index is 0.0295. The van der Waals surface area contributed by atoms with Gasteiger partial charge in [0.2, 0.25) is 5.28 Å². The molecule has 0 aliphatic carbocycles. The van der Waals surface area contributed by atoms with Crippen molar-refractivity contribution in [1.29, 1.82) is 0 Å². The van der Waals surface area contributed by atoms with Crippen LogP contribution in [-0.2, 0) is 0 Å². The van der Waals surface area contributed by atoms with Crippen molar-refractivity contribution in [2.75, 3.05) is 0 Å². The molecule has 0 fully saturated rings. The van der Waals surface area contributed by atoms with Crippen LogP contribution in [0.2, 0.25) is 5.28 Å². The lowest BCUT2D eigenvalue weighted by atomic mass is 10.2. The zero-order valence-corrected chi connectivity index (χ0v) is 9.40. The molecule has 2 rings (SSSR count). The first-order valence-corrected chi connectivity index (χ1v) is 4.98. The van der Waals surface area contributed by atoms with E-state index in [1.165, 1.54) is 6.07 Å². The van der Waals surface area contributed by atoms with Crippen molar-refractivity contribution in [2.24, 2.45) is 0 Å². The van der Waals surface area contributed by atoms with Gasteiger partial charge in [-0.2, -0.15) is 10.1 Å². The summed E-state index contributed by atoms with van der Waals surface area (Å²) >= 11 is 8.45. The van der Waals surface area contributed by atoms with Gasteiger partial charge in [-0.3, -0.25) is 0 Å². The third-order valence-electron chi connectivity index (χ3n) is 1.73. The number of nitrogens with one attached hydrogen (secondary N) is 1. The van der Waals surface area contributed by atoms with Gasteiger partial charge in [-0.15, -0.1) is 0 Å². The zero-order chi connectivity index (χ0) is 11.0. The molecule has 0 aliphatic rings. The third kappa shape index (κ3) is 1.87. The third-order valence-corrected chi connectivity index (χ3v) is 2.68. The molecule has 0 aliphatic heterocycles. The molecule has 1 aromatic carbocycles. The molecular weight excluding hydrogens is 291 g/mol. The quantitative estimate of drug-likeness (QED) is 0.821. The van der Waals surface area contributed by atoms with Crippen LogP contribution >= 0.6 is 27.5 Å². The Bertz CT molecular complexity index is 515. The summed E-state index contributed by atoms with van der Waals surface area (Å²) in [5, 5.41) is 6.21. The Morgan fingerprint density at radius 2 is 2.07 bits per heavy atom. The summed E-state index contributed by atoms with van der Waals surface area (Å²) in [5.41, 5.74) is 0.331. The Morgan fingerprint density at radius 3 is 2.67 bits per heavy atom. The molecule has 0 saturated carbocycles. The Balaban J connectivity index is 2.59. The van der Waals surface area contributed by atoms with Crippen LogP contribution < -0.4 is 0 Å². The van der Waals surface area contributed by atoms with E-state index in [2.05, 4.69) is 31.1 Å². The minimum atomic E-state index is -0.978. The predicted molar refractivity (Wildman–Crippen MR) is 54.4 cm³/mol. The van der Waals surface area contributed by atoms with Crippen molar-refractivity contribution >= 4 is 27.5 Å². The van der Waals surface area contributed by atoms with E-state index in [1.807, 2.05) is 0 Å². The maximum atomic E-state index is 13.2. The SMILES string of the molecule is Fc1ccc(-c2n[nH]c(Cl)n2)c(Br)c1F. The Kier molecular flexibility index (Phi) is 2.70. The van der Waals surface area contributed by atoms with Gasteiger partial charge in [0.15, 0.2) is 17.5 Å². The van der Waals surface area contributed by atoms with Crippen LogP contribution in [0.4, 0.5) is 8.78 Å². The largest absolute Gasteiger partial charge is 0.249 e. The van der Waals surface area contributed by atoms with Crippen LogP contribution in [0.5, 0.6) is 0 Å². The van der Waals surface area contributed by atoms with E-state index in [-0.39, 0.29) is 15.6 Å². The lowest BCUT2D eigenvalue weighted by Gasteiger charge is -2.01. The molecule has 3 nitrogen and oxygen atoms in total. The summed E-state index contributed by atoms with van der Waals surface area (Å²) in [6, 6.07) is 2.36. The predicted octanol–water partition coefficient (Wildman–Crippen LogP) is 3.17. The second kappa shape index (κ2) is 3.86. The standard InChI is InChI=1S/C8H3BrClF2N3/c9-5-3(1-2-4(11)6(5)12)7-13-8(10)15-14-7/h1-2H,(H,13,14,15). The number of halogens is 4. The lowest BCUT2D eigenvalue weighted by molar-refractivity contribution is 0.504. The molecule has 0 atom stereocenters. The Hall–Kier alpha value is -1.01. The molecule has 15 heavy (non-hydrogen) atoms. The normalized spacial score (nSPS) is 10.7. The van der Waals surface area contributed by atoms with Crippen LogP contribution in [0.25, 0.3) is 11.4 Å². The van der Waals surface area contributed by atoms with Crippen LogP contribution in [0.15, 0.2) is 16.6 Å². The molecule has 1 aromatic heterocycles. The highest BCUT2D eigenvalue weighted by Crippen LogP contribution is 2.29. The van der Waals surface area contributed by atoms with E-state index < -0.39 is 11.6 Å². The molecule has 7 heteroatoms. The molecule has 0 radical (unpaired) electrons. The van der Waals surface area contributed by atoms with Gasteiger partial charge in [0.05, 0.1) is 4.47 Å². The van der Waals surface area contributed by atoms with Crippen molar-refractivity contribution in [3.8, 4) is 11.4 Å². The smallest absolute Gasteiger partial charge is 0.218 e. The summed E-state index contributed by atoms with van der Waals surface area (Å²) in [5.74, 6) is -1.72. The topological polar surface area (TPSA) is 41.6 Å². The second-order valence-electron chi connectivity index (χ2n) is 2.67. The molecule has 0 saturated heterocycles. The summed E-state index contributed by atoms with van der Waals surface area (Å²) in [6.07, 6.45) is 0. The average molecular weight is 294 g/mol. The van der Waals surface area contributed by atoms with E-state index in [0.717, 1.165) is 6.07 Å². The second-order valence-corrected chi connectivity index (χ2v) is 3.82. The molecule has 2 aromatic rings. The molecular formula is C8H3BrClF2N3. The van der Waals surface area contributed by atoms with Gasteiger partial charge >= 0.3 is 0 Å². The van der Waals surface area contributed by atoms with Crippen LogP contribution in [-0.4, -0.2) is 15.2 Å². The summed E-state index contributed by atoms with van der Waals surface area (Å²) < 4.78 is 25.9. The van der Waals surface area contributed by atoms with E-state index in [4.69, 9.17) is 11.6 Å². The van der Waals surface area contributed by atoms with Crippen molar-refractivity contribution < 1.29 is 8.78 Å². The van der Waals surface area contributed by atoms with E-state index in [9.17, 15) is 8.78 Å². The number of nitrogens with zero attached hydrogens (tertiary/aromatic N) is 2.